The quantitative estimate of drug-likeness (QED) is 0.594. The van der Waals surface area contributed by atoms with Crippen LogP contribution in [0.5, 0.6) is 5.75 Å². The van der Waals surface area contributed by atoms with Gasteiger partial charge < -0.3 is 4.74 Å². The van der Waals surface area contributed by atoms with Crippen molar-refractivity contribution in [2.24, 2.45) is 0 Å². The van der Waals surface area contributed by atoms with Crippen LogP contribution in [0.25, 0.3) is 0 Å². The topological polar surface area (TPSA) is 39.2 Å². The standard InChI is InChI=1S/C23H29NO2/c1-17(6-3-4-7-18-10-12-24-13-11-18)19-14-20(16-21(15-19)26-2)22-8-5-9-23(22)25/h10-17,22H,3-9H2,1-2H3. The number of nitrogens with zero attached hydrogens (tertiary/aromatic N) is 1. The molecule has 3 nitrogen and oxygen atoms in total. The van der Waals surface area contributed by atoms with E-state index in [0.29, 0.717) is 11.7 Å². The van der Waals surface area contributed by atoms with Crippen molar-refractivity contribution in [2.45, 2.75) is 63.7 Å². The van der Waals surface area contributed by atoms with Crippen LogP contribution in [0.15, 0.2) is 42.7 Å². The third kappa shape index (κ3) is 4.72. The average Bonchev–Trinajstić information content (AvgIpc) is 3.11. The Bertz CT molecular complexity index is 726. The zero-order chi connectivity index (χ0) is 18.4. The summed E-state index contributed by atoms with van der Waals surface area (Å²) in [6.07, 6.45) is 11.1. The van der Waals surface area contributed by atoms with E-state index in [9.17, 15) is 4.79 Å². The van der Waals surface area contributed by atoms with Crippen molar-refractivity contribution in [1.29, 1.82) is 0 Å². The fourth-order valence-electron chi connectivity index (χ4n) is 3.91. The van der Waals surface area contributed by atoms with Crippen LogP contribution in [0, 0.1) is 0 Å². The maximum absolute atomic E-state index is 12.2. The van der Waals surface area contributed by atoms with Crippen LogP contribution in [0.4, 0.5) is 0 Å². The van der Waals surface area contributed by atoms with Crippen molar-refractivity contribution >= 4 is 5.78 Å². The lowest BCUT2D eigenvalue weighted by Crippen LogP contribution is -2.06. The maximum atomic E-state index is 12.2. The molecule has 0 spiro atoms. The van der Waals surface area contributed by atoms with Crippen molar-refractivity contribution in [3.63, 3.8) is 0 Å². The van der Waals surface area contributed by atoms with Gasteiger partial charge in [-0.1, -0.05) is 19.4 Å². The Labute approximate surface area is 156 Å². The summed E-state index contributed by atoms with van der Waals surface area (Å²) in [5.41, 5.74) is 3.80. The smallest absolute Gasteiger partial charge is 0.140 e. The van der Waals surface area contributed by atoms with Gasteiger partial charge in [0.2, 0.25) is 0 Å². The van der Waals surface area contributed by atoms with Gasteiger partial charge in [0.15, 0.2) is 0 Å². The van der Waals surface area contributed by atoms with Gasteiger partial charge in [0, 0.05) is 24.7 Å². The molecule has 1 aliphatic carbocycles. The molecule has 2 atom stereocenters. The molecule has 0 amide bonds. The predicted molar refractivity (Wildman–Crippen MR) is 105 cm³/mol. The molecule has 2 aromatic rings. The lowest BCUT2D eigenvalue weighted by molar-refractivity contribution is -0.118. The first-order chi connectivity index (χ1) is 12.7. The van der Waals surface area contributed by atoms with Gasteiger partial charge in [0.25, 0.3) is 0 Å². The number of unbranched alkanes of at least 4 members (excludes halogenated alkanes) is 1. The molecule has 1 aliphatic rings. The van der Waals surface area contributed by atoms with Gasteiger partial charge in [-0.2, -0.15) is 0 Å². The molecule has 138 valence electrons. The molecule has 0 radical (unpaired) electrons. The highest BCUT2D eigenvalue weighted by Crippen LogP contribution is 2.35. The normalized spacial score (nSPS) is 18.1. The summed E-state index contributed by atoms with van der Waals surface area (Å²) in [6.45, 7) is 2.28. The molecule has 0 N–H and O–H groups in total. The number of pyridine rings is 1. The van der Waals surface area contributed by atoms with Crippen molar-refractivity contribution in [3.05, 3.63) is 59.4 Å². The fraction of sp³-hybridized carbons (Fsp3) is 0.478. The highest BCUT2D eigenvalue weighted by molar-refractivity contribution is 5.87. The van der Waals surface area contributed by atoms with Crippen LogP contribution < -0.4 is 4.74 Å². The zero-order valence-corrected chi connectivity index (χ0v) is 15.9. The van der Waals surface area contributed by atoms with Gasteiger partial charge >= 0.3 is 0 Å². The number of carbonyl (C=O) groups excluding carboxylic acids is 1. The Balaban J connectivity index is 1.60. The Morgan fingerprint density at radius 3 is 2.69 bits per heavy atom. The second-order valence-corrected chi connectivity index (χ2v) is 7.45. The number of ketones is 1. The molecule has 0 aliphatic heterocycles. The van der Waals surface area contributed by atoms with Crippen LogP contribution in [0.1, 0.15) is 74.0 Å². The number of aromatic nitrogens is 1. The predicted octanol–water partition coefficient (Wildman–Crippen LogP) is 5.44. The summed E-state index contributed by atoms with van der Waals surface area (Å²) >= 11 is 0. The van der Waals surface area contributed by atoms with E-state index in [1.165, 1.54) is 24.0 Å². The van der Waals surface area contributed by atoms with Crippen LogP contribution in [-0.4, -0.2) is 17.9 Å². The van der Waals surface area contributed by atoms with Gasteiger partial charge in [-0.3, -0.25) is 9.78 Å². The maximum Gasteiger partial charge on any atom is 0.140 e. The van der Waals surface area contributed by atoms with Crippen molar-refractivity contribution < 1.29 is 9.53 Å². The van der Waals surface area contributed by atoms with Crippen LogP contribution in [0.2, 0.25) is 0 Å². The van der Waals surface area contributed by atoms with Crippen LogP contribution in [0.3, 0.4) is 0 Å². The molecule has 1 saturated carbocycles. The molecule has 2 unspecified atom stereocenters. The summed E-state index contributed by atoms with van der Waals surface area (Å²) < 4.78 is 5.51. The second-order valence-electron chi connectivity index (χ2n) is 7.45. The number of aryl methyl sites for hydroxylation is 1. The number of ether oxygens (including phenoxy) is 1. The highest BCUT2D eigenvalue weighted by Gasteiger charge is 2.27. The molecular weight excluding hydrogens is 322 g/mol. The van der Waals surface area contributed by atoms with Gasteiger partial charge in [-0.05, 0) is 79.0 Å². The molecule has 3 heteroatoms. The lowest BCUT2D eigenvalue weighted by Gasteiger charge is -2.17. The van der Waals surface area contributed by atoms with Crippen molar-refractivity contribution in [3.8, 4) is 5.75 Å². The molecular formula is C23H29NO2. The van der Waals surface area contributed by atoms with Gasteiger partial charge in [-0.15, -0.1) is 0 Å². The fourth-order valence-corrected chi connectivity index (χ4v) is 3.91. The van der Waals surface area contributed by atoms with E-state index in [4.69, 9.17) is 4.74 Å². The van der Waals surface area contributed by atoms with Gasteiger partial charge in [0.05, 0.1) is 7.11 Å². The number of Topliss-reactive ketones (excluding diaryl/α,β-unsaturated/α-hetero) is 1. The minimum absolute atomic E-state index is 0.0720. The van der Waals surface area contributed by atoms with Crippen molar-refractivity contribution in [1.82, 2.24) is 4.98 Å². The number of rotatable bonds is 8. The minimum atomic E-state index is 0.0720. The highest BCUT2D eigenvalue weighted by atomic mass is 16.5. The molecule has 1 heterocycles. The number of hydrogen-bond donors (Lipinski definition) is 0. The second kappa shape index (κ2) is 8.98. The molecule has 3 rings (SSSR count). The Morgan fingerprint density at radius 1 is 1.19 bits per heavy atom. The first-order valence-corrected chi connectivity index (χ1v) is 9.78. The summed E-state index contributed by atoms with van der Waals surface area (Å²) in [5.74, 6) is 1.80. The third-order valence-electron chi connectivity index (χ3n) is 5.56. The van der Waals surface area contributed by atoms with Gasteiger partial charge in [0.1, 0.15) is 11.5 Å². The van der Waals surface area contributed by atoms with E-state index in [0.717, 1.165) is 43.4 Å². The van der Waals surface area contributed by atoms with Crippen molar-refractivity contribution in [2.75, 3.05) is 7.11 Å². The summed E-state index contributed by atoms with van der Waals surface area (Å²) in [6, 6.07) is 10.6. The molecule has 1 aromatic carbocycles. The van der Waals surface area contributed by atoms with Crippen LogP contribution in [-0.2, 0) is 11.2 Å². The van der Waals surface area contributed by atoms with E-state index in [1.807, 2.05) is 18.5 Å². The summed E-state index contributed by atoms with van der Waals surface area (Å²) in [4.78, 5) is 16.2. The molecule has 26 heavy (non-hydrogen) atoms. The summed E-state index contributed by atoms with van der Waals surface area (Å²) in [5, 5.41) is 0. The monoisotopic (exact) mass is 351 g/mol. The number of benzene rings is 1. The first kappa shape index (κ1) is 18.6. The number of carbonyl (C=O) groups is 1. The Hall–Kier alpha value is -2.16. The summed E-state index contributed by atoms with van der Waals surface area (Å²) in [7, 11) is 1.71. The van der Waals surface area contributed by atoms with Crippen LogP contribution >= 0.6 is 0 Å². The first-order valence-electron chi connectivity index (χ1n) is 9.78. The molecule has 0 saturated heterocycles. The SMILES string of the molecule is COc1cc(C(C)CCCCc2ccncc2)cc(C2CCCC2=O)c1. The lowest BCUT2D eigenvalue weighted by atomic mass is 9.89. The van der Waals surface area contributed by atoms with E-state index in [1.54, 1.807) is 7.11 Å². The number of hydrogen-bond acceptors (Lipinski definition) is 3. The Kier molecular flexibility index (Phi) is 6.43. The number of methoxy groups -OCH3 is 1. The largest absolute Gasteiger partial charge is 0.497 e. The average molecular weight is 351 g/mol. The molecule has 1 fully saturated rings. The van der Waals surface area contributed by atoms with E-state index < -0.39 is 0 Å². The third-order valence-corrected chi connectivity index (χ3v) is 5.56. The zero-order valence-electron chi connectivity index (χ0n) is 15.9. The molecule has 0 bridgehead atoms. The van der Waals surface area contributed by atoms with E-state index >= 15 is 0 Å². The Morgan fingerprint density at radius 2 is 2.00 bits per heavy atom. The van der Waals surface area contributed by atoms with E-state index in [2.05, 4.69) is 36.2 Å². The van der Waals surface area contributed by atoms with Gasteiger partial charge in [-0.25, -0.2) is 0 Å². The minimum Gasteiger partial charge on any atom is -0.497 e. The molecule has 1 aromatic heterocycles. The van der Waals surface area contributed by atoms with E-state index in [-0.39, 0.29) is 5.92 Å².